The second-order valence-corrected chi connectivity index (χ2v) is 6.49. The molecule has 6 heterocycles. The minimum absolute atomic E-state index is 0.830. The first-order valence-corrected chi connectivity index (χ1v) is 8.71. The van der Waals surface area contributed by atoms with Gasteiger partial charge in [0.2, 0.25) is 0 Å². The molecule has 6 rings (SSSR count). The molecule has 0 aliphatic rings. The predicted octanol–water partition coefficient (Wildman–Crippen LogP) is 4.15. The largest absolute Gasteiger partial charge is 0.472 e. The maximum Gasteiger partial charge on any atom is 0.116 e. The van der Waals surface area contributed by atoms with Crippen LogP contribution in [-0.2, 0) is 0 Å². The minimum Gasteiger partial charge on any atom is -0.472 e. The lowest BCUT2D eigenvalue weighted by atomic mass is 10.1. The lowest BCUT2D eigenvalue weighted by Crippen LogP contribution is -1.82. The van der Waals surface area contributed by atoms with Crippen molar-refractivity contribution < 1.29 is 4.42 Å². The molecule has 0 fully saturated rings. The van der Waals surface area contributed by atoms with E-state index in [9.17, 15) is 0 Å². The molecule has 8 heteroatoms. The average molecular weight is 367 g/mol. The van der Waals surface area contributed by atoms with Crippen molar-refractivity contribution in [2.75, 3.05) is 0 Å². The smallest absolute Gasteiger partial charge is 0.116 e. The van der Waals surface area contributed by atoms with E-state index in [1.165, 1.54) is 0 Å². The molecule has 0 bridgehead atoms. The van der Waals surface area contributed by atoms with Crippen LogP contribution in [0.15, 0.2) is 66.0 Å². The summed E-state index contributed by atoms with van der Waals surface area (Å²) < 4.78 is 5.22. The summed E-state index contributed by atoms with van der Waals surface area (Å²) in [6.07, 6.45) is 10.5. The third-order valence-electron chi connectivity index (χ3n) is 4.84. The van der Waals surface area contributed by atoms with E-state index in [0.717, 1.165) is 55.7 Å². The summed E-state index contributed by atoms with van der Waals surface area (Å²) in [5.74, 6) is 0. The second kappa shape index (κ2) is 5.65. The lowest BCUT2D eigenvalue weighted by Gasteiger charge is -1.98. The molecule has 6 aromatic heterocycles. The number of furan rings is 1. The van der Waals surface area contributed by atoms with E-state index >= 15 is 0 Å². The molecule has 3 N–H and O–H groups in total. The molecule has 134 valence electrons. The van der Waals surface area contributed by atoms with E-state index in [1.54, 1.807) is 31.1 Å². The van der Waals surface area contributed by atoms with Crippen LogP contribution in [0.5, 0.6) is 0 Å². The van der Waals surface area contributed by atoms with E-state index in [0.29, 0.717) is 0 Å². The summed E-state index contributed by atoms with van der Waals surface area (Å²) in [6.45, 7) is 0. The Labute approximate surface area is 157 Å². The van der Waals surface area contributed by atoms with Gasteiger partial charge in [0.25, 0.3) is 0 Å². The topological polar surface area (TPSA) is 112 Å². The van der Waals surface area contributed by atoms with Gasteiger partial charge in [0.05, 0.1) is 47.5 Å². The number of nitrogens with one attached hydrogen (secondary N) is 3. The zero-order valence-corrected chi connectivity index (χ0v) is 14.5. The van der Waals surface area contributed by atoms with Gasteiger partial charge < -0.3 is 9.40 Å². The van der Waals surface area contributed by atoms with Crippen LogP contribution in [0.25, 0.3) is 55.7 Å². The highest BCUT2D eigenvalue weighted by Gasteiger charge is 2.15. The van der Waals surface area contributed by atoms with Crippen molar-refractivity contribution in [3.8, 4) is 33.9 Å². The molecule has 0 aliphatic heterocycles. The molecule has 28 heavy (non-hydrogen) atoms. The van der Waals surface area contributed by atoms with Gasteiger partial charge in [-0.3, -0.25) is 20.2 Å². The van der Waals surface area contributed by atoms with Gasteiger partial charge in [-0.25, -0.2) is 0 Å². The minimum atomic E-state index is 0.830. The number of H-pyrrole nitrogens is 3. The quantitative estimate of drug-likeness (QED) is 0.435. The molecule has 0 aromatic carbocycles. The molecule has 0 saturated carbocycles. The third kappa shape index (κ3) is 2.18. The van der Waals surface area contributed by atoms with Crippen molar-refractivity contribution in [2.45, 2.75) is 0 Å². The van der Waals surface area contributed by atoms with Crippen LogP contribution in [0.2, 0.25) is 0 Å². The fourth-order valence-corrected chi connectivity index (χ4v) is 3.48. The van der Waals surface area contributed by atoms with Crippen molar-refractivity contribution in [2.24, 2.45) is 0 Å². The van der Waals surface area contributed by atoms with E-state index in [1.807, 2.05) is 24.4 Å². The summed E-state index contributed by atoms with van der Waals surface area (Å²) in [7, 11) is 0. The molecule has 0 unspecified atom stereocenters. The number of aromatic nitrogens is 7. The summed E-state index contributed by atoms with van der Waals surface area (Å²) in [4.78, 5) is 12.5. The van der Waals surface area contributed by atoms with Crippen LogP contribution in [0.1, 0.15) is 0 Å². The Bertz CT molecular complexity index is 1410. The third-order valence-corrected chi connectivity index (χ3v) is 4.84. The summed E-state index contributed by atoms with van der Waals surface area (Å²) in [5, 5.41) is 16.4. The van der Waals surface area contributed by atoms with Gasteiger partial charge in [0.1, 0.15) is 5.69 Å². The maximum atomic E-state index is 5.22. The van der Waals surface area contributed by atoms with Crippen LogP contribution in [0, 0.1) is 0 Å². The van der Waals surface area contributed by atoms with Crippen LogP contribution in [0.3, 0.4) is 0 Å². The first-order valence-electron chi connectivity index (χ1n) is 8.71. The van der Waals surface area contributed by atoms with Crippen molar-refractivity contribution in [1.29, 1.82) is 0 Å². The fourth-order valence-electron chi connectivity index (χ4n) is 3.48. The molecular formula is C20H13N7O. The molecule has 0 amide bonds. The maximum absolute atomic E-state index is 5.22. The zero-order chi connectivity index (χ0) is 18.5. The molecule has 0 aliphatic carbocycles. The van der Waals surface area contributed by atoms with E-state index in [-0.39, 0.29) is 0 Å². The number of rotatable bonds is 3. The summed E-state index contributed by atoms with van der Waals surface area (Å²) in [6, 6.07) is 7.94. The first kappa shape index (κ1) is 14.9. The highest BCUT2D eigenvalue weighted by Crippen LogP contribution is 2.33. The Morgan fingerprint density at radius 3 is 2.71 bits per heavy atom. The van der Waals surface area contributed by atoms with Crippen molar-refractivity contribution in [3.63, 3.8) is 0 Å². The van der Waals surface area contributed by atoms with Crippen LogP contribution >= 0.6 is 0 Å². The lowest BCUT2D eigenvalue weighted by molar-refractivity contribution is 0.568. The van der Waals surface area contributed by atoms with Crippen molar-refractivity contribution in [3.05, 3.63) is 61.6 Å². The molecule has 0 spiro atoms. The number of hydrogen-bond acceptors (Lipinski definition) is 5. The molecular weight excluding hydrogens is 354 g/mol. The predicted molar refractivity (Wildman–Crippen MR) is 104 cm³/mol. The number of fused-ring (bicyclic) bond motifs is 2. The van der Waals surface area contributed by atoms with Gasteiger partial charge in [-0.05, 0) is 24.3 Å². The SMILES string of the molecule is c1cc2[nH]c(-c3n[nH]c4cnc(-c5cn[nH]c5)cc34)cc2c(-c2ccoc2)n1. The molecule has 0 atom stereocenters. The Balaban J connectivity index is 1.55. The van der Waals surface area contributed by atoms with Gasteiger partial charge in [-0.1, -0.05) is 0 Å². The van der Waals surface area contributed by atoms with Gasteiger partial charge in [-0.15, -0.1) is 0 Å². The van der Waals surface area contributed by atoms with Gasteiger partial charge in [-0.2, -0.15) is 10.2 Å². The van der Waals surface area contributed by atoms with Crippen molar-refractivity contribution in [1.82, 2.24) is 35.3 Å². The van der Waals surface area contributed by atoms with Crippen LogP contribution in [-0.4, -0.2) is 35.3 Å². The molecule has 0 saturated heterocycles. The standard InChI is InChI=1S/C20H13N7O/c1-3-21-19(11-2-4-28-10-11)13-6-17(25-15(1)13)20-14-5-16(12-7-23-24-8-12)22-9-18(14)26-27-20/h1-10,25H,(H,23,24)(H,26,27). The normalized spacial score (nSPS) is 11.6. The average Bonchev–Trinajstić information content (AvgIpc) is 3.53. The first-order chi connectivity index (χ1) is 13.9. The van der Waals surface area contributed by atoms with Gasteiger partial charge in [0.15, 0.2) is 0 Å². The van der Waals surface area contributed by atoms with E-state index < -0.39 is 0 Å². The zero-order valence-electron chi connectivity index (χ0n) is 14.5. The fraction of sp³-hybridized carbons (Fsp3) is 0. The second-order valence-electron chi connectivity index (χ2n) is 6.49. The molecule has 8 nitrogen and oxygen atoms in total. The Morgan fingerprint density at radius 2 is 1.86 bits per heavy atom. The van der Waals surface area contributed by atoms with E-state index in [2.05, 4.69) is 41.4 Å². The Hall–Kier alpha value is -4.20. The van der Waals surface area contributed by atoms with E-state index in [4.69, 9.17) is 4.42 Å². The number of nitrogens with zero attached hydrogens (tertiary/aromatic N) is 4. The number of hydrogen-bond donors (Lipinski definition) is 3. The summed E-state index contributed by atoms with van der Waals surface area (Å²) >= 11 is 0. The monoisotopic (exact) mass is 367 g/mol. The molecule has 0 radical (unpaired) electrons. The Kier molecular flexibility index (Phi) is 3.01. The van der Waals surface area contributed by atoms with Crippen LogP contribution < -0.4 is 0 Å². The highest BCUT2D eigenvalue weighted by atomic mass is 16.3. The summed E-state index contributed by atoms with van der Waals surface area (Å²) in [5.41, 5.74) is 7.16. The van der Waals surface area contributed by atoms with Gasteiger partial charge >= 0.3 is 0 Å². The molecule has 6 aromatic rings. The van der Waals surface area contributed by atoms with Gasteiger partial charge in [0, 0.05) is 39.8 Å². The number of pyridine rings is 2. The Morgan fingerprint density at radius 1 is 0.893 bits per heavy atom. The van der Waals surface area contributed by atoms with Crippen LogP contribution in [0.4, 0.5) is 0 Å². The van der Waals surface area contributed by atoms with Crippen molar-refractivity contribution >= 4 is 21.8 Å². The number of aromatic amines is 3. The highest BCUT2D eigenvalue weighted by molar-refractivity contribution is 6.00.